The Kier molecular flexibility index (Phi) is 5.85. The fourth-order valence-corrected chi connectivity index (χ4v) is 2.70. The number of hydrogen-bond acceptors (Lipinski definition) is 5. The van der Waals surface area contributed by atoms with Crippen molar-refractivity contribution >= 4 is 37.0 Å². The molecule has 1 heterocycles. The van der Waals surface area contributed by atoms with Crippen molar-refractivity contribution in [1.29, 1.82) is 0 Å². The number of benzene rings is 1. The zero-order chi connectivity index (χ0) is 19.7. The summed E-state index contributed by atoms with van der Waals surface area (Å²) in [5.41, 5.74) is -0.103. The molecular formula is C18H23BClNO5. The van der Waals surface area contributed by atoms with E-state index in [0.29, 0.717) is 22.3 Å². The van der Waals surface area contributed by atoms with Gasteiger partial charge in [0, 0.05) is 24.1 Å². The number of amides is 1. The highest BCUT2D eigenvalue weighted by molar-refractivity contribution is 6.56. The van der Waals surface area contributed by atoms with Gasteiger partial charge in [-0.05, 0) is 45.3 Å². The van der Waals surface area contributed by atoms with Crippen molar-refractivity contribution in [3.05, 3.63) is 33.8 Å². The standard InChI is InChI=1S/C18H23BClNO5/c1-11(23)21-9-14(19-25-17(2,3)18(4,5)26-19)6-12-7-15(20)8-13(10-22)16(12)24/h6-8,10,24H,9H2,1-5H3,(H,21,23). The number of aromatic hydroxyl groups is 1. The molecule has 0 bridgehead atoms. The van der Waals surface area contributed by atoms with Crippen molar-refractivity contribution in [2.45, 2.75) is 45.8 Å². The zero-order valence-electron chi connectivity index (χ0n) is 15.6. The second-order valence-electron chi connectivity index (χ2n) is 7.27. The van der Waals surface area contributed by atoms with Crippen molar-refractivity contribution < 1.29 is 24.0 Å². The number of nitrogens with one attached hydrogen (secondary N) is 1. The van der Waals surface area contributed by atoms with E-state index in [2.05, 4.69) is 5.32 Å². The largest absolute Gasteiger partial charge is 0.507 e. The molecule has 2 N–H and O–H groups in total. The number of carbonyl (C=O) groups excluding carboxylic acids is 2. The molecular weight excluding hydrogens is 356 g/mol. The fraction of sp³-hybridized carbons (Fsp3) is 0.444. The zero-order valence-corrected chi connectivity index (χ0v) is 16.3. The van der Waals surface area contributed by atoms with E-state index in [-0.39, 0.29) is 23.8 Å². The third kappa shape index (κ3) is 4.28. The first kappa shape index (κ1) is 20.5. The van der Waals surface area contributed by atoms with Crippen LogP contribution in [0.4, 0.5) is 0 Å². The van der Waals surface area contributed by atoms with Gasteiger partial charge in [0.05, 0.1) is 16.8 Å². The van der Waals surface area contributed by atoms with Crippen LogP contribution in [0.5, 0.6) is 5.75 Å². The van der Waals surface area contributed by atoms with Crippen molar-refractivity contribution in [3.8, 4) is 5.75 Å². The van der Waals surface area contributed by atoms with E-state index in [1.165, 1.54) is 19.1 Å². The summed E-state index contributed by atoms with van der Waals surface area (Å²) in [4.78, 5) is 22.5. The predicted molar refractivity (Wildman–Crippen MR) is 101 cm³/mol. The molecule has 0 spiro atoms. The van der Waals surface area contributed by atoms with Gasteiger partial charge in [0.2, 0.25) is 5.91 Å². The van der Waals surface area contributed by atoms with E-state index in [9.17, 15) is 14.7 Å². The summed E-state index contributed by atoms with van der Waals surface area (Å²) in [6.07, 6.45) is 2.15. The minimum absolute atomic E-state index is 0.0801. The molecule has 0 unspecified atom stereocenters. The molecule has 1 saturated heterocycles. The van der Waals surface area contributed by atoms with Crippen LogP contribution >= 0.6 is 11.6 Å². The van der Waals surface area contributed by atoms with Gasteiger partial charge in [-0.1, -0.05) is 17.7 Å². The molecule has 2 rings (SSSR count). The molecule has 8 heteroatoms. The van der Waals surface area contributed by atoms with E-state index < -0.39 is 18.3 Å². The average Bonchev–Trinajstić information content (AvgIpc) is 2.74. The molecule has 0 saturated carbocycles. The first-order valence-electron chi connectivity index (χ1n) is 8.25. The molecule has 0 aromatic heterocycles. The van der Waals surface area contributed by atoms with Gasteiger partial charge in [-0.2, -0.15) is 0 Å². The van der Waals surface area contributed by atoms with Gasteiger partial charge in [-0.15, -0.1) is 0 Å². The van der Waals surface area contributed by atoms with Crippen LogP contribution in [0.3, 0.4) is 0 Å². The molecule has 1 aromatic carbocycles. The highest BCUT2D eigenvalue weighted by Gasteiger charge is 2.52. The lowest BCUT2D eigenvalue weighted by molar-refractivity contribution is -0.118. The Morgan fingerprint density at radius 3 is 2.27 bits per heavy atom. The normalized spacial score (nSPS) is 18.7. The van der Waals surface area contributed by atoms with Gasteiger partial charge in [-0.3, -0.25) is 9.59 Å². The van der Waals surface area contributed by atoms with Crippen LogP contribution in [0, 0.1) is 0 Å². The lowest BCUT2D eigenvalue weighted by atomic mass is 9.76. The summed E-state index contributed by atoms with van der Waals surface area (Å²) in [5, 5.41) is 13.3. The van der Waals surface area contributed by atoms with Crippen LogP contribution < -0.4 is 5.32 Å². The van der Waals surface area contributed by atoms with Gasteiger partial charge in [0.25, 0.3) is 0 Å². The van der Waals surface area contributed by atoms with Gasteiger partial charge in [-0.25, -0.2) is 0 Å². The van der Waals surface area contributed by atoms with Gasteiger partial charge < -0.3 is 19.7 Å². The highest BCUT2D eigenvalue weighted by atomic mass is 35.5. The van der Waals surface area contributed by atoms with E-state index in [0.717, 1.165) is 0 Å². The van der Waals surface area contributed by atoms with Gasteiger partial charge in [0.1, 0.15) is 5.75 Å². The Hall–Kier alpha value is -1.83. The number of aldehydes is 1. The summed E-state index contributed by atoms with van der Waals surface area (Å²) in [7, 11) is -0.718. The van der Waals surface area contributed by atoms with Crippen LogP contribution in [0.25, 0.3) is 6.08 Å². The van der Waals surface area contributed by atoms with Crippen LogP contribution in [0.15, 0.2) is 17.6 Å². The average molecular weight is 380 g/mol. The SMILES string of the molecule is CC(=O)NCC(=Cc1cc(Cl)cc(C=O)c1O)B1OC(C)(C)C(C)(C)O1. The summed E-state index contributed by atoms with van der Waals surface area (Å²) in [5.74, 6) is -0.405. The number of halogens is 1. The van der Waals surface area contributed by atoms with Crippen LogP contribution in [-0.2, 0) is 14.1 Å². The molecule has 1 aliphatic heterocycles. The predicted octanol–water partition coefficient (Wildman–Crippen LogP) is 3.01. The van der Waals surface area contributed by atoms with Gasteiger partial charge >= 0.3 is 7.12 Å². The van der Waals surface area contributed by atoms with Crippen molar-refractivity contribution in [3.63, 3.8) is 0 Å². The van der Waals surface area contributed by atoms with E-state index in [4.69, 9.17) is 20.9 Å². The van der Waals surface area contributed by atoms with Crippen LogP contribution in [0.1, 0.15) is 50.5 Å². The topological polar surface area (TPSA) is 84.9 Å². The third-order valence-electron chi connectivity index (χ3n) is 4.70. The van der Waals surface area contributed by atoms with Crippen LogP contribution in [-0.4, -0.2) is 42.2 Å². The molecule has 0 aliphatic carbocycles. The number of hydrogen-bond donors (Lipinski definition) is 2. The Balaban J connectivity index is 2.46. The highest BCUT2D eigenvalue weighted by Crippen LogP contribution is 2.39. The van der Waals surface area contributed by atoms with Crippen LogP contribution in [0.2, 0.25) is 5.02 Å². The summed E-state index contributed by atoms with van der Waals surface area (Å²) < 4.78 is 12.1. The van der Waals surface area contributed by atoms with E-state index in [1.807, 2.05) is 27.7 Å². The molecule has 6 nitrogen and oxygen atoms in total. The maximum atomic E-state index is 11.4. The Morgan fingerprint density at radius 1 is 1.23 bits per heavy atom. The maximum Gasteiger partial charge on any atom is 0.492 e. The monoisotopic (exact) mass is 379 g/mol. The number of rotatable bonds is 5. The quantitative estimate of drug-likeness (QED) is 0.607. The fourth-order valence-electron chi connectivity index (χ4n) is 2.47. The van der Waals surface area contributed by atoms with Crippen molar-refractivity contribution in [2.75, 3.05) is 6.54 Å². The summed E-state index contributed by atoms with van der Waals surface area (Å²) in [6, 6.07) is 2.91. The minimum atomic E-state index is -0.718. The maximum absolute atomic E-state index is 11.4. The summed E-state index contributed by atoms with van der Waals surface area (Å²) >= 11 is 6.03. The Labute approximate surface area is 158 Å². The van der Waals surface area contributed by atoms with E-state index >= 15 is 0 Å². The Bertz CT molecular complexity index is 744. The molecule has 140 valence electrons. The number of carbonyl (C=O) groups is 2. The van der Waals surface area contributed by atoms with Gasteiger partial charge in [0.15, 0.2) is 6.29 Å². The second-order valence-corrected chi connectivity index (χ2v) is 7.70. The first-order valence-corrected chi connectivity index (χ1v) is 8.63. The second kappa shape index (κ2) is 7.43. The Morgan fingerprint density at radius 2 is 1.77 bits per heavy atom. The molecule has 26 heavy (non-hydrogen) atoms. The molecule has 1 aliphatic rings. The molecule has 0 radical (unpaired) electrons. The smallest absolute Gasteiger partial charge is 0.492 e. The molecule has 0 atom stereocenters. The molecule has 1 aromatic rings. The minimum Gasteiger partial charge on any atom is -0.507 e. The lowest BCUT2D eigenvalue weighted by Gasteiger charge is -2.32. The van der Waals surface area contributed by atoms with Crippen molar-refractivity contribution in [1.82, 2.24) is 5.32 Å². The number of phenolic OH excluding ortho intramolecular Hbond substituents is 1. The third-order valence-corrected chi connectivity index (χ3v) is 4.92. The lowest BCUT2D eigenvalue weighted by Crippen LogP contribution is -2.41. The van der Waals surface area contributed by atoms with Crippen molar-refractivity contribution in [2.24, 2.45) is 0 Å². The summed E-state index contributed by atoms with van der Waals surface area (Å²) in [6.45, 7) is 9.25. The number of phenols is 1. The van der Waals surface area contributed by atoms with E-state index in [1.54, 1.807) is 6.08 Å². The molecule has 1 amide bonds. The first-order chi connectivity index (χ1) is 12.0. The molecule has 1 fully saturated rings.